The number of alkyl carbamates (subject to hydrolysis) is 1. The van der Waals surface area contributed by atoms with E-state index in [1.165, 1.54) is 11.0 Å². The number of halogens is 4. The molecule has 2 atom stereocenters. The van der Waals surface area contributed by atoms with E-state index in [1.807, 2.05) is 0 Å². The number of benzene rings is 3. The van der Waals surface area contributed by atoms with Crippen LogP contribution in [0.1, 0.15) is 68.8 Å². The van der Waals surface area contributed by atoms with Gasteiger partial charge >= 0.3 is 24.3 Å². The number of carbonyl (C=O) groups excluding carboxylic acids is 4. The molecule has 6 rings (SSSR count). The highest BCUT2D eigenvalue weighted by molar-refractivity contribution is 5.98. The van der Waals surface area contributed by atoms with Crippen LogP contribution in [0.25, 0.3) is 22.5 Å². The first kappa shape index (κ1) is 48.9. The Balaban J connectivity index is 0.00000105. The van der Waals surface area contributed by atoms with Crippen LogP contribution in [0.4, 0.5) is 32.8 Å². The van der Waals surface area contributed by atoms with Crippen LogP contribution in [0.15, 0.2) is 66.7 Å². The molecule has 1 aromatic heterocycles. The fourth-order valence-electron chi connectivity index (χ4n) is 7.19. The molecule has 1 saturated carbocycles. The molecule has 0 spiro atoms. The molecule has 0 unspecified atom stereocenters. The maximum atomic E-state index is 15.8. The van der Waals surface area contributed by atoms with E-state index >= 15 is 4.39 Å². The van der Waals surface area contributed by atoms with Crippen LogP contribution in [0, 0.1) is 17.7 Å². The van der Waals surface area contributed by atoms with E-state index in [9.17, 15) is 42.3 Å². The first-order valence-corrected chi connectivity index (χ1v) is 20.6. The van der Waals surface area contributed by atoms with Gasteiger partial charge < -0.3 is 41.1 Å². The highest BCUT2D eigenvalue weighted by Gasteiger charge is 2.38. The number of hydrogen-bond acceptors (Lipinski definition) is 10. The smallest absolute Gasteiger partial charge is 0.475 e. The van der Waals surface area contributed by atoms with Crippen LogP contribution in [-0.4, -0.2) is 115 Å². The van der Waals surface area contributed by atoms with Crippen molar-refractivity contribution in [3.63, 3.8) is 0 Å². The van der Waals surface area contributed by atoms with Crippen LogP contribution in [0.5, 0.6) is 0 Å². The first-order chi connectivity index (χ1) is 30.7. The van der Waals surface area contributed by atoms with Crippen LogP contribution in [0.3, 0.4) is 0 Å². The Labute approximate surface area is 369 Å². The van der Waals surface area contributed by atoms with Crippen molar-refractivity contribution in [2.24, 2.45) is 11.8 Å². The zero-order valence-corrected chi connectivity index (χ0v) is 35.6. The van der Waals surface area contributed by atoms with E-state index in [4.69, 9.17) is 14.6 Å². The molecular formula is C43H49F4N9O9. The Bertz CT molecular complexity index is 2300. The minimum absolute atomic E-state index is 0.132. The van der Waals surface area contributed by atoms with E-state index in [0.29, 0.717) is 54.0 Å². The monoisotopic (exact) mass is 911 g/mol. The minimum atomic E-state index is -5.08. The average molecular weight is 912 g/mol. The summed E-state index contributed by atoms with van der Waals surface area (Å²) in [6.45, 7) is 6.27. The summed E-state index contributed by atoms with van der Waals surface area (Å²) >= 11 is 0. The molecule has 2 aliphatic rings. The lowest BCUT2D eigenvalue weighted by atomic mass is 9.81. The molecule has 1 aliphatic heterocycles. The van der Waals surface area contributed by atoms with Gasteiger partial charge in [0.25, 0.3) is 5.91 Å². The number of nitrogens with one attached hydrogen (secondary N) is 5. The Kier molecular flexibility index (Phi) is 16.2. The summed E-state index contributed by atoms with van der Waals surface area (Å²) in [5.74, 6) is -4.50. The summed E-state index contributed by atoms with van der Waals surface area (Å²) in [6.07, 6.45) is -3.42. The Morgan fingerprint density at radius 3 is 2.11 bits per heavy atom. The summed E-state index contributed by atoms with van der Waals surface area (Å²) < 4.78 is 52.9. The summed E-state index contributed by atoms with van der Waals surface area (Å²) in [5, 5.41) is 41.7. The molecule has 0 bridgehead atoms. The lowest BCUT2D eigenvalue weighted by Gasteiger charge is -2.29. The van der Waals surface area contributed by atoms with Gasteiger partial charge in [-0.3, -0.25) is 14.4 Å². The normalized spacial score (nSPS) is 17.7. The highest BCUT2D eigenvalue weighted by Crippen LogP contribution is 2.30. The Hall–Kier alpha value is -7.13. The molecule has 65 heavy (non-hydrogen) atoms. The summed E-state index contributed by atoms with van der Waals surface area (Å²) in [4.78, 5) is 74.0. The quantitative estimate of drug-likeness (QED) is 0.0835. The van der Waals surface area contributed by atoms with Crippen molar-refractivity contribution in [2.75, 3.05) is 25.0 Å². The van der Waals surface area contributed by atoms with Crippen LogP contribution >= 0.6 is 0 Å². The summed E-state index contributed by atoms with van der Waals surface area (Å²) in [5.41, 5.74) is 1.83. The lowest BCUT2D eigenvalue weighted by Crippen LogP contribution is -2.48. The Morgan fingerprint density at radius 2 is 1.54 bits per heavy atom. The molecule has 0 radical (unpaired) electrons. The maximum Gasteiger partial charge on any atom is 0.490 e. The number of anilines is 1. The number of tetrazole rings is 1. The number of H-pyrrole nitrogens is 1. The number of likely N-dealkylation sites (tertiary alicyclic amines) is 1. The van der Waals surface area contributed by atoms with Gasteiger partial charge in [-0.1, -0.05) is 36.4 Å². The number of carboxylic acids is 1. The standard InChI is InChI=1S/C41H48FN9O7.C2HF3O2/c1-41(2,3)58-39(55)43-22-25-9-13-28(14-10-25)36(52)46-33(38(54)44-29-17-15-27(16-18-29)35-47-49-50-48-35)21-24-7-11-26(12-8-24)31-5-4-6-32(34(31)42)37(53)45-30-19-20-51(23-30)40(56)57;3-2(4,5)1(6)7/h4-8,11-12,15-18,25,28,30,33H,9-10,13-14,19-23H2,1-3H3,(H,43,55)(H,44,54)(H,45,53)(H,46,52)(H,56,57)(H,47,48,49,50);(H,6,7)/t25?,28?,30-,33+;/m1./s1. The highest BCUT2D eigenvalue weighted by atomic mass is 19.4. The van der Waals surface area contributed by atoms with Crippen molar-refractivity contribution in [3.05, 3.63) is 83.7 Å². The number of rotatable bonds is 12. The molecule has 3 aromatic carbocycles. The maximum absolute atomic E-state index is 15.8. The number of nitrogens with zero attached hydrogens (tertiary/aromatic N) is 4. The zero-order valence-electron chi connectivity index (χ0n) is 35.6. The third kappa shape index (κ3) is 14.4. The number of carbonyl (C=O) groups is 6. The van der Waals surface area contributed by atoms with Gasteiger partial charge in [-0.15, -0.1) is 10.2 Å². The molecule has 348 valence electrons. The van der Waals surface area contributed by atoms with E-state index in [-0.39, 0.29) is 48.4 Å². The summed E-state index contributed by atoms with van der Waals surface area (Å²) in [7, 11) is 0. The van der Waals surface area contributed by atoms with Gasteiger partial charge in [0, 0.05) is 54.8 Å². The van der Waals surface area contributed by atoms with Crippen molar-refractivity contribution in [1.82, 2.24) is 41.5 Å². The van der Waals surface area contributed by atoms with Crippen LogP contribution < -0.4 is 21.3 Å². The number of aliphatic carboxylic acids is 1. The summed E-state index contributed by atoms with van der Waals surface area (Å²) in [6, 6.07) is 16.9. The predicted molar refractivity (Wildman–Crippen MR) is 225 cm³/mol. The molecule has 1 saturated heterocycles. The molecule has 18 nitrogen and oxygen atoms in total. The van der Waals surface area contributed by atoms with Gasteiger partial charge in [0.2, 0.25) is 17.6 Å². The van der Waals surface area contributed by atoms with Crippen LogP contribution in [0.2, 0.25) is 0 Å². The topological polar surface area (TPSA) is 258 Å². The van der Waals surface area contributed by atoms with E-state index in [0.717, 1.165) is 12.8 Å². The second-order valence-electron chi connectivity index (χ2n) is 16.5. The van der Waals surface area contributed by atoms with Gasteiger partial charge in [0.05, 0.1) is 5.56 Å². The molecule has 5 amide bonds. The molecule has 2 heterocycles. The molecular weight excluding hydrogens is 863 g/mol. The largest absolute Gasteiger partial charge is 0.490 e. The van der Waals surface area contributed by atoms with E-state index in [1.54, 1.807) is 81.4 Å². The predicted octanol–water partition coefficient (Wildman–Crippen LogP) is 5.79. The van der Waals surface area contributed by atoms with Crippen molar-refractivity contribution in [3.8, 4) is 22.5 Å². The SMILES string of the molecule is CC(C)(C)OC(=O)NCC1CCC(C(=O)N[C@@H](Cc2ccc(-c3cccc(C(=O)N[C@@H]4CCN(C(=O)O)C4)c3F)cc2)C(=O)Nc2ccc(-c3nn[nH]n3)cc2)CC1.O=C(O)C(F)(F)F. The minimum Gasteiger partial charge on any atom is -0.475 e. The molecule has 2 fully saturated rings. The van der Waals surface area contributed by atoms with Crippen molar-refractivity contribution >= 4 is 41.6 Å². The fraction of sp³-hybridized carbons (Fsp3) is 0.419. The van der Waals surface area contributed by atoms with Crippen molar-refractivity contribution in [1.29, 1.82) is 0 Å². The van der Waals surface area contributed by atoms with Crippen molar-refractivity contribution in [2.45, 2.75) is 83.2 Å². The number of carboxylic acid groups (broad SMARTS) is 2. The molecule has 7 N–H and O–H groups in total. The van der Waals surface area contributed by atoms with Crippen LogP contribution in [-0.2, 0) is 25.5 Å². The third-order valence-corrected chi connectivity index (χ3v) is 10.5. The number of aromatic nitrogens is 4. The number of alkyl halides is 3. The number of hydrogen-bond donors (Lipinski definition) is 7. The number of aromatic amines is 1. The lowest BCUT2D eigenvalue weighted by molar-refractivity contribution is -0.192. The second kappa shape index (κ2) is 21.5. The number of ether oxygens (including phenoxy) is 1. The van der Waals surface area contributed by atoms with Gasteiger partial charge in [-0.25, -0.2) is 18.8 Å². The van der Waals surface area contributed by atoms with Gasteiger partial charge in [-0.05, 0) is 105 Å². The van der Waals surface area contributed by atoms with E-state index in [2.05, 4.69) is 41.9 Å². The van der Waals surface area contributed by atoms with Gasteiger partial charge in [0.1, 0.15) is 17.5 Å². The zero-order chi connectivity index (χ0) is 47.5. The fourth-order valence-corrected chi connectivity index (χ4v) is 7.19. The van der Waals surface area contributed by atoms with Crippen molar-refractivity contribution < 1.29 is 61.3 Å². The first-order valence-electron chi connectivity index (χ1n) is 20.6. The third-order valence-electron chi connectivity index (χ3n) is 10.5. The molecule has 22 heteroatoms. The average Bonchev–Trinajstić information content (AvgIpc) is 3.97. The van der Waals surface area contributed by atoms with E-state index < -0.39 is 59.6 Å². The molecule has 1 aliphatic carbocycles. The molecule has 4 aromatic rings. The number of amides is 5. The van der Waals surface area contributed by atoms with Gasteiger partial charge in [-0.2, -0.15) is 18.4 Å². The Morgan fingerprint density at radius 1 is 0.892 bits per heavy atom. The second-order valence-corrected chi connectivity index (χ2v) is 16.5. The van der Waals surface area contributed by atoms with Gasteiger partial charge in [0.15, 0.2) is 0 Å².